The lowest BCUT2D eigenvalue weighted by Crippen LogP contribution is -2.36. The highest BCUT2D eigenvalue weighted by Gasteiger charge is 2.18. The molecule has 20 heavy (non-hydrogen) atoms. The topological polar surface area (TPSA) is 20.3 Å². The van der Waals surface area contributed by atoms with Crippen molar-refractivity contribution < 1.29 is 4.79 Å². The maximum Gasteiger partial charge on any atom is 0.253 e. The van der Waals surface area contributed by atoms with Gasteiger partial charge in [0.1, 0.15) is 0 Å². The SMILES string of the molecule is CC(Cc1cccs1)N(C)C(=O)c1cc(Br)cc(Br)c1. The van der Waals surface area contributed by atoms with E-state index in [4.69, 9.17) is 0 Å². The summed E-state index contributed by atoms with van der Waals surface area (Å²) in [5.74, 6) is 0.0380. The molecule has 0 fully saturated rings. The average Bonchev–Trinajstić information content (AvgIpc) is 2.88. The summed E-state index contributed by atoms with van der Waals surface area (Å²) in [6, 6.07) is 9.93. The molecule has 1 atom stereocenters. The van der Waals surface area contributed by atoms with Gasteiger partial charge in [-0.05, 0) is 36.6 Å². The Morgan fingerprint density at radius 1 is 1.30 bits per heavy atom. The first-order chi connectivity index (χ1) is 9.47. The molecule has 0 bridgehead atoms. The van der Waals surface area contributed by atoms with Gasteiger partial charge in [-0.15, -0.1) is 11.3 Å². The number of thiophene rings is 1. The molecule has 0 N–H and O–H groups in total. The van der Waals surface area contributed by atoms with Gasteiger partial charge in [0, 0.05) is 38.9 Å². The standard InChI is InChI=1S/C15H15Br2NOS/c1-10(6-14-4-3-5-20-14)18(2)15(19)11-7-12(16)9-13(17)8-11/h3-5,7-10H,6H2,1-2H3. The first kappa shape index (κ1) is 15.7. The number of carbonyl (C=O) groups excluding carboxylic acids is 1. The van der Waals surface area contributed by atoms with Gasteiger partial charge in [-0.2, -0.15) is 0 Å². The average molecular weight is 417 g/mol. The second-order valence-electron chi connectivity index (χ2n) is 4.71. The molecule has 0 aliphatic heterocycles. The van der Waals surface area contributed by atoms with Crippen LogP contribution in [0.5, 0.6) is 0 Å². The zero-order chi connectivity index (χ0) is 14.7. The molecule has 106 valence electrons. The molecule has 0 spiro atoms. The lowest BCUT2D eigenvalue weighted by Gasteiger charge is -2.25. The summed E-state index contributed by atoms with van der Waals surface area (Å²) in [6.45, 7) is 2.07. The molecule has 2 nitrogen and oxygen atoms in total. The van der Waals surface area contributed by atoms with Gasteiger partial charge in [-0.1, -0.05) is 37.9 Å². The van der Waals surface area contributed by atoms with Gasteiger partial charge >= 0.3 is 0 Å². The number of rotatable bonds is 4. The van der Waals surface area contributed by atoms with E-state index in [0.717, 1.165) is 15.4 Å². The van der Waals surface area contributed by atoms with Crippen LogP contribution in [0.4, 0.5) is 0 Å². The van der Waals surface area contributed by atoms with Crippen LogP contribution in [0.15, 0.2) is 44.7 Å². The Kier molecular flexibility index (Phi) is 5.41. The fraction of sp³-hybridized carbons (Fsp3) is 0.267. The van der Waals surface area contributed by atoms with Crippen molar-refractivity contribution in [3.05, 3.63) is 55.1 Å². The molecule has 1 unspecified atom stereocenters. The maximum atomic E-state index is 12.5. The number of hydrogen-bond donors (Lipinski definition) is 0. The molecule has 1 amide bonds. The Labute approximate surface area is 140 Å². The van der Waals surface area contributed by atoms with Gasteiger partial charge in [-0.3, -0.25) is 4.79 Å². The second kappa shape index (κ2) is 6.87. The number of amides is 1. The van der Waals surface area contributed by atoms with Gasteiger partial charge in [-0.25, -0.2) is 0 Å². The second-order valence-corrected chi connectivity index (χ2v) is 7.57. The van der Waals surface area contributed by atoms with Crippen LogP contribution in [0, 0.1) is 0 Å². The number of hydrogen-bond acceptors (Lipinski definition) is 2. The summed E-state index contributed by atoms with van der Waals surface area (Å²) in [4.78, 5) is 15.6. The summed E-state index contributed by atoms with van der Waals surface area (Å²) in [6.07, 6.45) is 0.884. The normalized spacial score (nSPS) is 12.2. The van der Waals surface area contributed by atoms with Crippen molar-refractivity contribution in [2.24, 2.45) is 0 Å². The van der Waals surface area contributed by atoms with E-state index in [1.807, 2.05) is 31.3 Å². The van der Waals surface area contributed by atoms with Crippen LogP contribution >= 0.6 is 43.2 Å². The Bertz CT molecular complexity index is 578. The predicted octanol–water partition coefficient (Wildman–Crippen LogP) is 4.98. The fourth-order valence-corrected chi connectivity index (χ4v) is 4.06. The molecular weight excluding hydrogens is 402 g/mol. The monoisotopic (exact) mass is 415 g/mol. The quantitative estimate of drug-likeness (QED) is 0.688. The minimum absolute atomic E-state index is 0.0380. The van der Waals surface area contributed by atoms with Crippen LogP contribution in [0.2, 0.25) is 0 Å². The van der Waals surface area contributed by atoms with Crippen molar-refractivity contribution in [2.75, 3.05) is 7.05 Å². The van der Waals surface area contributed by atoms with Gasteiger partial charge in [0.15, 0.2) is 0 Å². The summed E-state index contributed by atoms with van der Waals surface area (Å²) in [5, 5.41) is 2.06. The lowest BCUT2D eigenvalue weighted by atomic mass is 10.1. The van der Waals surface area contributed by atoms with Crippen LogP contribution in [-0.2, 0) is 6.42 Å². The van der Waals surface area contributed by atoms with Crippen LogP contribution in [0.25, 0.3) is 0 Å². The van der Waals surface area contributed by atoms with E-state index < -0.39 is 0 Å². The molecular formula is C15H15Br2NOS. The fourth-order valence-electron chi connectivity index (χ4n) is 1.94. The molecule has 5 heteroatoms. The lowest BCUT2D eigenvalue weighted by molar-refractivity contribution is 0.0744. The van der Waals surface area contributed by atoms with Gasteiger partial charge < -0.3 is 4.90 Å². The number of carbonyl (C=O) groups is 1. The van der Waals surface area contributed by atoms with Crippen LogP contribution in [0.3, 0.4) is 0 Å². The molecule has 1 aromatic heterocycles. The number of benzene rings is 1. The first-order valence-electron chi connectivity index (χ1n) is 6.23. The molecule has 0 radical (unpaired) electrons. The highest BCUT2D eigenvalue weighted by Crippen LogP contribution is 2.22. The highest BCUT2D eigenvalue weighted by atomic mass is 79.9. The van der Waals surface area contributed by atoms with E-state index in [-0.39, 0.29) is 11.9 Å². The Morgan fingerprint density at radius 3 is 2.50 bits per heavy atom. The van der Waals surface area contributed by atoms with Crippen molar-refractivity contribution in [1.82, 2.24) is 4.90 Å². The molecule has 1 aromatic carbocycles. The minimum atomic E-state index is 0.0380. The van der Waals surface area contributed by atoms with Crippen molar-refractivity contribution in [3.8, 4) is 0 Å². The van der Waals surface area contributed by atoms with Gasteiger partial charge in [0.25, 0.3) is 5.91 Å². The summed E-state index contributed by atoms with van der Waals surface area (Å²) >= 11 is 8.56. The van der Waals surface area contributed by atoms with Crippen LogP contribution in [0.1, 0.15) is 22.2 Å². The van der Waals surface area contributed by atoms with Crippen molar-refractivity contribution >= 4 is 49.1 Å². The molecule has 0 aliphatic carbocycles. The van der Waals surface area contributed by atoms with E-state index in [1.54, 1.807) is 16.2 Å². The smallest absolute Gasteiger partial charge is 0.253 e. The Balaban J connectivity index is 2.11. The van der Waals surface area contributed by atoms with Gasteiger partial charge in [0.2, 0.25) is 0 Å². The minimum Gasteiger partial charge on any atom is -0.339 e. The van der Waals surface area contributed by atoms with Gasteiger partial charge in [0.05, 0.1) is 0 Å². The number of nitrogens with zero attached hydrogens (tertiary/aromatic N) is 1. The third-order valence-corrected chi connectivity index (χ3v) is 4.98. The summed E-state index contributed by atoms with van der Waals surface area (Å²) in [5.41, 5.74) is 0.687. The summed E-state index contributed by atoms with van der Waals surface area (Å²) in [7, 11) is 1.86. The predicted molar refractivity (Wildman–Crippen MR) is 91.4 cm³/mol. The molecule has 1 heterocycles. The first-order valence-corrected chi connectivity index (χ1v) is 8.69. The van der Waals surface area contributed by atoms with Crippen molar-refractivity contribution in [1.29, 1.82) is 0 Å². The highest BCUT2D eigenvalue weighted by molar-refractivity contribution is 9.11. The van der Waals surface area contributed by atoms with E-state index >= 15 is 0 Å². The largest absolute Gasteiger partial charge is 0.339 e. The molecule has 2 aromatic rings. The molecule has 0 saturated heterocycles. The zero-order valence-corrected chi connectivity index (χ0v) is 15.3. The third kappa shape index (κ3) is 3.93. The molecule has 2 rings (SSSR count). The number of halogens is 2. The number of likely N-dealkylation sites (N-methyl/N-ethyl adjacent to an activating group) is 1. The van der Waals surface area contributed by atoms with E-state index in [9.17, 15) is 4.79 Å². The maximum absolute atomic E-state index is 12.5. The summed E-state index contributed by atoms with van der Waals surface area (Å²) < 4.78 is 1.80. The zero-order valence-electron chi connectivity index (χ0n) is 11.3. The van der Waals surface area contributed by atoms with Crippen molar-refractivity contribution in [3.63, 3.8) is 0 Å². The Morgan fingerprint density at radius 2 is 1.95 bits per heavy atom. The Hall–Kier alpha value is -0.650. The van der Waals surface area contributed by atoms with Crippen LogP contribution < -0.4 is 0 Å². The van der Waals surface area contributed by atoms with Crippen molar-refractivity contribution in [2.45, 2.75) is 19.4 Å². The third-order valence-electron chi connectivity index (χ3n) is 3.17. The molecule has 0 saturated carbocycles. The van der Waals surface area contributed by atoms with E-state index in [0.29, 0.717) is 5.56 Å². The van der Waals surface area contributed by atoms with Crippen LogP contribution in [-0.4, -0.2) is 23.9 Å². The van der Waals surface area contributed by atoms with E-state index in [2.05, 4.69) is 50.2 Å². The molecule has 0 aliphatic rings. The van der Waals surface area contributed by atoms with E-state index in [1.165, 1.54) is 4.88 Å².